The summed E-state index contributed by atoms with van der Waals surface area (Å²) in [6, 6.07) is 6.29. The third kappa shape index (κ3) is 2.44. The second-order valence-electron chi connectivity index (χ2n) is 3.24. The molecule has 0 spiro atoms. The number of aliphatic hydroxyl groups excluding tert-OH is 1. The Balaban J connectivity index is 3.12. The van der Waals surface area contributed by atoms with Crippen molar-refractivity contribution in [2.75, 3.05) is 6.61 Å². The molecule has 0 amide bonds. The van der Waals surface area contributed by atoms with Crippen LogP contribution in [0.25, 0.3) is 0 Å². The zero-order chi connectivity index (χ0) is 9.84. The number of rotatable bonds is 3. The lowest BCUT2D eigenvalue weighted by Gasteiger charge is -2.14. The van der Waals surface area contributed by atoms with Crippen molar-refractivity contribution in [2.45, 2.75) is 26.2 Å². The molecule has 1 aromatic rings. The Morgan fingerprint density at radius 3 is 2.69 bits per heavy atom. The molecule has 1 rings (SSSR count). The van der Waals surface area contributed by atoms with Gasteiger partial charge >= 0.3 is 0 Å². The molecular formula is C11H15IO. The summed E-state index contributed by atoms with van der Waals surface area (Å²) in [4.78, 5) is 0. The third-order valence-corrected chi connectivity index (χ3v) is 3.32. The molecule has 13 heavy (non-hydrogen) atoms. The summed E-state index contributed by atoms with van der Waals surface area (Å²) in [6.45, 7) is 4.45. The molecule has 2 heteroatoms. The number of hydrogen-bond acceptors (Lipinski definition) is 1. The first kappa shape index (κ1) is 11.0. The molecular weight excluding hydrogens is 275 g/mol. The molecule has 0 fully saturated rings. The van der Waals surface area contributed by atoms with E-state index < -0.39 is 0 Å². The molecule has 1 atom stereocenters. The maximum atomic E-state index is 9.10. The maximum absolute atomic E-state index is 9.10. The van der Waals surface area contributed by atoms with Gasteiger partial charge in [0.2, 0.25) is 0 Å². The van der Waals surface area contributed by atoms with E-state index in [0.29, 0.717) is 0 Å². The van der Waals surface area contributed by atoms with E-state index in [4.69, 9.17) is 5.11 Å². The van der Waals surface area contributed by atoms with Crippen molar-refractivity contribution in [3.63, 3.8) is 0 Å². The Hall–Kier alpha value is -0.0900. The molecule has 72 valence electrons. The summed E-state index contributed by atoms with van der Waals surface area (Å²) in [5.74, 6) is 0.254. The van der Waals surface area contributed by atoms with E-state index in [1.807, 2.05) is 0 Å². The molecule has 1 nitrogen and oxygen atoms in total. The van der Waals surface area contributed by atoms with Crippen LogP contribution in [0.3, 0.4) is 0 Å². The Morgan fingerprint density at radius 1 is 1.46 bits per heavy atom. The van der Waals surface area contributed by atoms with Crippen LogP contribution in [-0.4, -0.2) is 11.7 Å². The molecule has 0 bridgehead atoms. The number of aliphatic hydroxyl groups is 1. The highest BCUT2D eigenvalue weighted by atomic mass is 127. The van der Waals surface area contributed by atoms with Crippen LogP contribution in [0.15, 0.2) is 18.2 Å². The van der Waals surface area contributed by atoms with Crippen LogP contribution < -0.4 is 0 Å². The summed E-state index contributed by atoms with van der Waals surface area (Å²) < 4.78 is 1.30. The number of benzene rings is 1. The van der Waals surface area contributed by atoms with Gasteiger partial charge in [-0.25, -0.2) is 0 Å². The highest BCUT2D eigenvalue weighted by molar-refractivity contribution is 14.1. The second-order valence-corrected chi connectivity index (χ2v) is 4.41. The fourth-order valence-electron chi connectivity index (χ4n) is 1.51. The number of halogens is 1. The van der Waals surface area contributed by atoms with Gasteiger partial charge in [-0.1, -0.05) is 26.0 Å². The molecule has 0 heterocycles. The Bertz CT molecular complexity index is 283. The molecule has 0 saturated carbocycles. The smallest absolute Gasteiger partial charge is 0.0497 e. The summed E-state index contributed by atoms with van der Waals surface area (Å²) in [5, 5.41) is 9.10. The van der Waals surface area contributed by atoms with Crippen molar-refractivity contribution in [3.05, 3.63) is 32.9 Å². The average molecular weight is 290 g/mol. The predicted molar refractivity (Wildman–Crippen MR) is 64.0 cm³/mol. The van der Waals surface area contributed by atoms with Crippen LogP contribution in [0, 0.1) is 3.57 Å². The van der Waals surface area contributed by atoms with Crippen LogP contribution in [0.5, 0.6) is 0 Å². The van der Waals surface area contributed by atoms with E-state index in [1.54, 1.807) is 0 Å². The van der Waals surface area contributed by atoms with Crippen LogP contribution in [0.1, 0.15) is 30.9 Å². The van der Waals surface area contributed by atoms with Gasteiger partial charge in [0.15, 0.2) is 0 Å². The summed E-state index contributed by atoms with van der Waals surface area (Å²) >= 11 is 2.35. The topological polar surface area (TPSA) is 20.2 Å². The molecule has 0 aliphatic heterocycles. The van der Waals surface area contributed by atoms with E-state index in [-0.39, 0.29) is 12.5 Å². The van der Waals surface area contributed by atoms with Crippen molar-refractivity contribution in [1.29, 1.82) is 0 Å². The third-order valence-electron chi connectivity index (χ3n) is 2.31. The van der Waals surface area contributed by atoms with Gasteiger partial charge in [0.05, 0.1) is 0 Å². The molecule has 0 aromatic heterocycles. The van der Waals surface area contributed by atoms with Crippen molar-refractivity contribution in [2.24, 2.45) is 0 Å². The van der Waals surface area contributed by atoms with Gasteiger partial charge in [-0.15, -0.1) is 0 Å². The Kier molecular flexibility index (Phi) is 4.19. The largest absolute Gasteiger partial charge is 0.396 e. The van der Waals surface area contributed by atoms with Crippen molar-refractivity contribution < 1.29 is 5.11 Å². The first-order valence-electron chi connectivity index (χ1n) is 4.58. The molecule has 1 N–H and O–H groups in total. The van der Waals surface area contributed by atoms with Gasteiger partial charge in [-0.3, -0.25) is 0 Å². The summed E-state index contributed by atoms with van der Waals surface area (Å²) in [7, 11) is 0. The monoisotopic (exact) mass is 290 g/mol. The molecule has 1 unspecified atom stereocenters. The first-order valence-corrected chi connectivity index (χ1v) is 5.66. The van der Waals surface area contributed by atoms with E-state index in [1.165, 1.54) is 14.7 Å². The van der Waals surface area contributed by atoms with Crippen molar-refractivity contribution >= 4 is 22.6 Å². The minimum absolute atomic E-state index is 0.229. The van der Waals surface area contributed by atoms with Crippen LogP contribution in [0.4, 0.5) is 0 Å². The van der Waals surface area contributed by atoms with Gasteiger partial charge < -0.3 is 5.11 Å². The summed E-state index contributed by atoms with van der Waals surface area (Å²) in [6.07, 6.45) is 1.04. The quantitative estimate of drug-likeness (QED) is 0.849. The molecule has 1 aromatic carbocycles. The van der Waals surface area contributed by atoms with Gasteiger partial charge in [0.25, 0.3) is 0 Å². The van der Waals surface area contributed by atoms with Crippen LogP contribution >= 0.6 is 22.6 Å². The SMILES string of the molecule is CCc1c(I)cccc1C(C)CO. The van der Waals surface area contributed by atoms with Gasteiger partial charge in [0, 0.05) is 16.1 Å². The van der Waals surface area contributed by atoms with Gasteiger partial charge in [0.1, 0.15) is 0 Å². The van der Waals surface area contributed by atoms with Gasteiger partial charge in [-0.2, -0.15) is 0 Å². The molecule has 0 saturated heterocycles. The Morgan fingerprint density at radius 2 is 2.15 bits per heavy atom. The Labute approximate surface area is 93.3 Å². The zero-order valence-corrected chi connectivity index (χ0v) is 10.2. The first-order chi connectivity index (χ1) is 6.20. The van der Waals surface area contributed by atoms with Crippen molar-refractivity contribution in [1.82, 2.24) is 0 Å². The van der Waals surface area contributed by atoms with Crippen LogP contribution in [0.2, 0.25) is 0 Å². The second kappa shape index (κ2) is 4.96. The minimum Gasteiger partial charge on any atom is -0.396 e. The standard InChI is InChI=1S/C11H15IO/c1-3-9-10(8(2)7-13)5-4-6-11(9)12/h4-6,8,13H,3,7H2,1-2H3. The number of hydrogen-bond donors (Lipinski definition) is 1. The fraction of sp³-hybridized carbons (Fsp3) is 0.455. The summed E-state index contributed by atoms with van der Waals surface area (Å²) in [5.41, 5.74) is 2.67. The minimum atomic E-state index is 0.229. The normalized spacial score (nSPS) is 12.9. The predicted octanol–water partition coefficient (Wildman–Crippen LogP) is 2.95. The fourth-order valence-corrected chi connectivity index (χ4v) is 2.41. The highest BCUT2D eigenvalue weighted by Gasteiger charge is 2.10. The highest BCUT2D eigenvalue weighted by Crippen LogP contribution is 2.24. The molecule has 0 radical (unpaired) electrons. The average Bonchev–Trinajstić information content (AvgIpc) is 2.16. The zero-order valence-electron chi connectivity index (χ0n) is 8.05. The van der Waals surface area contributed by atoms with Gasteiger partial charge in [-0.05, 0) is 46.2 Å². The van der Waals surface area contributed by atoms with E-state index in [9.17, 15) is 0 Å². The van der Waals surface area contributed by atoms with Crippen LogP contribution in [-0.2, 0) is 6.42 Å². The van der Waals surface area contributed by atoms with E-state index in [0.717, 1.165) is 6.42 Å². The molecule has 0 aliphatic carbocycles. The maximum Gasteiger partial charge on any atom is 0.0497 e. The van der Waals surface area contributed by atoms with E-state index in [2.05, 4.69) is 54.6 Å². The van der Waals surface area contributed by atoms with E-state index >= 15 is 0 Å². The lowest BCUT2D eigenvalue weighted by atomic mass is 9.95. The lowest BCUT2D eigenvalue weighted by molar-refractivity contribution is 0.272. The van der Waals surface area contributed by atoms with Crippen molar-refractivity contribution in [3.8, 4) is 0 Å². The lowest BCUT2D eigenvalue weighted by Crippen LogP contribution is -2.04. The molecule has 0 aliphatic rings.